The van der Waals surface area contributed by atoms with Crippen molar-refractivity contribution in [2.45, 2.75) is 6.54 Å². The molecule has 0 bridgehead atoms. The minimum absolute atomic E-state index is 0. The van der Waals surface area contributed by atoms with Crippen LogP contribution < -0.4 is 45.8 Å². The van der Waals surface area contributed by atoms with E-state index in [1.807, 2.05) is 18.2 Å². The van der Waals surface area contributed by atoms with Gasteiger partial charge in [-0.3, -0.25) is 13.9 Å². The zero-order chi connectivity index (χ0) is 14.1. The number of para-hydroxylation sites is 1. The van der Waals surface area contributed by atoms with Gasteiger partial charge in [0.2, 0.25) is 0 Å². The van der Waals surface area contributed by atoms with Crippen molar-refractivity contribution in [2.75, 3.05) is 0 Å². The third-order valence-electron chi connectivity index (χ3n) is 2.99. The zero-order valence-corrected chi connectivity index (χ0v) is 13.6. The number of hydrogen-bond donors (Lipinski definition) is 0. The Balaban J connectivity index is 0.00000161. The first-order chi connectivity index (χ1) is 9.74. The van der Waals surface area contributed by atoms with Gasteiger partial charge in [-0.25, -0.2) is 4.79 Å². The van der Waals surface area contributed by atoms with Crippen LogP contribution in [0.5, 0.6) is 0 Å². The first-order valence-electron chi connectivity index (χ1n) is 6.03. The Kier molecular flexibility index (Phi) is 4.62. The van der Waals surface area contributed by atoms with E-state index in [9.17, 15) is 9.59 Å². The fourth-order valence-corrected chi connectivity index (χ4v) is 2.10. The predicted octanol–water partition coefficient (Wildman–Crippen LogP) is -2.31. The molecule has 0 N–H and O–H groups in total. The van der Waals surface area contributed by atoms with Gasteiger partial charge in [-0.05, 0) is 12.1 Å². The molecule has 0 fully saturated rings. The Labute approximate surface area is 142 Å². The van der Waals surface area contributed by atoms with Crippen LogP contribution in [0, 0.1) is 0 Å². The van der Waals surface area contributed by atoms with Gasteiger partial charge < -0.3 is 9.97 Å². The van der Waals surface area contributed by atoms with E-state index in [2.05, 4.69) is 16.5 Å². The monoisotopic (exact) mass is 290 g/mol. The van der Waals surface area contributed by atoms with Crippen molar-refractivity contribution in [3.8, 4) is 5.69 Å². The average molecular weight is 290 g/mol. The smallest absolute Gasteiger partial charge is 0.437 e. The van der Waals surface area contributed by atoms with Crippen molar-refractivity contribution in [2.24, 2.45) is 0 Å². The average Bonchev–Trinajstić information content (AvgIpc) is 2.94. The molecule has 0 unspecified atom stereocenters. The second kappa shape index (κ2) is 6.26. The molecule has 3 aromatic rings. The number of nitrogens with zero attached hydrogens (tertiary/aromatic N) is 4. The van der Waals surface area contributed by atoms with E-state index in [4.69, 9.17) is 0 Å². The van der Waals surface area contributed by atoms with Crippen LogP contribution in [0.4, 0.5) is 0 Å². The fraction of sp³-hybridized carbons (Fsp3) is 0.0714. The van der Waals surface area contributed by atoms with Crippen molar-refractivity contribution in [3.63, 3.8) is 0 Å². The Bertz CT molecular complexity index is 893. The summed E-state index contributed by atoms with van der Waals surface area (Å²) in [5.41, 5.74) is 0.186. The molecule has 0 atom stereocenters. The molecule has 7 heteroatoms. The van der Waals surface area contributed by atoms with E-state index < -0.39 is 11.2 Å². The van der Waals surface area contributed by atoms with Gasteiger partial charge in [0.1, 0.15) is 0 Å². The molecule has 1 aromatic carbocycles. The van der Waals surface area contributed by atoms with Crippen molar-refractivity contribution >= 4 is 11.2 Å². The van der Waals surface area contributed by atoms with Crippen LogP contribution in [0.3, 0.4) is 0 Å². The third-order valence-corrected chi connectivity index (χ3v) is 2.99. The largest absolute Gasteiger partial charge is 1.00 e. The summed E-state index contributed by atoms with van der Waals surface area (Å²) < 4.78 is 2.48. The number of allylic oxidation sites excluding steroid dienone is 1. The van der Waals surface area contributed by atoms with Crippen LogP contribution >= 0.6 is 0 Å². The summed E-state index contributed by atoms with van der Waals surface area (Å²) in [4.78, 5) is 32.7. The van der Waals surface area contributed by atoms with E-state index in [0.29, 0.717) is 5.69 Å². The van der Waals surface area contributed by atoms with Crippen molar-refractivity contribution in [3.05, 3.63) is 70.2 Å². The molecular formula is C14H11N4NaO2. The first-order valence-corrected chi connectivity index (χ1v) is 6.03. The second-order valence-corrected chi connectivity index (χ2v) is 4.20. The minimum atomic E-state index is -0.450. The number of imidazole rings is 1. The van der Waals surface area contributed by atoms with Crippen molar-refractivity contribution in [1.82, 2.24) is 19.1 Å². The van der Waals surface area contributed by atoms with Gasteiger partial charge in [-0.1, -0.05) is 30.6 Å². The maximum Gasteiger partial charge on any atom is 1.00 e. The van der Waals surface area contributed by atoms with E-state index in [1.54, 1.807) is 12.1 Å². The van der Waals surface area contributed by atoms with Crippen LogP contribution in [0.1, 0.15) is 0 Å². The molecule has 0 spiro atoms. The number of hydrogen-bond acceptors (Lipinski definition) is 3. The molecule has 0 aliphatic heterocycles. The maximum atomic E-state index is 12.5. The Morgan fingerprint density at radius 1 is 1.24 bits per heavy atom. The molecule has 2 aromatic heterocycles. The van der Waals surface area contributed by atoms with E-state index in [-0.39, 0.29) is 47.3 Å². The van der Waals surface area contributed by atoms with Gasteiger partial charge in [-0.15, -0.1) is 6.58 Å². The maximum absolute atomic E-state index is 12.5. The number of rotatable bonds is 3. The third kappa shape index (κ3) is 2.53. The van der Waals surface area contributed by atoms with Crippen LogP contribution in [0.2, 0.25) is 0 Å². The molecule has 3 rings (SSSR count). The number of aromatic nitrogens is 4. The van der Waals surface area contributed by atoms with Crippen molar-refractivity contribution < 1.29 is 29.6 Å². The standard InChI is InChI=1S/C14H12N4O2.Na/c1-2-8-17-13(19)11-12(16-9-15-11)18(14(17)20)10-6-4-3-5-7-10;/h2-7,9H,1,8H2,(H,15,16,19);/q;+1/p-1. The molecule has 0 amide bonds. The molecule has 100 valence electrons. The zero-order valence-electron chi connectivity index (χ0n) is 11.6. The molecular weight excluding hydrogens is 279 g/mol. The molecule has 0 radical (unpaired) electrons. The summed E-state index contributed by atoms with van der Waals surface area (Å²) in [6.45, 7) is 3.70. The van der Waals surface area contributed by atoms with Gasteiger partial charge >= 0.3 is 35.2 Å². The second-order valence-electron chi connectivity index (χ2n) is 4.20. The topological polar surface area (TPSA) is 71.0 Å². The van der Waals surface area contributed by atoms with Gasteiger partial charge in [0.25, 0.3) is 5.56 Å². The Hall–Kier alpha value is -1.89. The molecule has 21 heavy (non-hydrogen) atoms. The molecule has 0 saturated carbocycles. The summed E-state index contributed by atoms with van der Waals surface area (Å²) in [5, 5.41) is 0. The van der Waals surface area contributed by atoms with Gasteiger partial charge in [0.05, 0.1) is 5.69 Å². The SMILES string of the molecule is C=CCn1c(=O)c2[n-]cnc2n(-c2ccccc2)c1=O.[Na+]. The van der Waals surface area contributed by atoms with E-state index in [1.165, 1.54) is 17.0 Å². The van der Waals surface area contributed by atoms with E-state index in [0.717, 1.165) is 4.57 Å². The summed E-state index contributed by atoms with van der Waals surface area (Å²) in [6.07, 6.45) is 2.78. The van der Waals surface area contributed by atoms with Crippen molar-refractivity contribution in [1.29, 1.82) is 0 Å². The van der Waals surface area contributed by atoms with E-state index >= 15 is 0 Å². The fourth-order valence-electron chi connectivity index (χ4n) is 2.10. The summed E-state index contributed by atoms with van der Waals surface area (Å²) in [6, 6.07) is 9.03. The Morgan fingerprint density at radius 2 is 1.95 bits per heavy atom. The molecule has 0 aliphatic rings. The van der Waals surface area contributed by atoms with Crippen LogP contribution in [-0.4, -0.2) is 14.1 Å². The van der Waals surface area contributed by atoms with Crippen LogP contribution in [0.25, 0.3) is 16.9 Å². The molecule has 0 aliphatic carbocycles. The first kappa shape index (κ1) is 15.5. The molecule has 0 saturated heterocycles. The van der Waals surface area contributed by atoms with Gasteiger partial charge in [-0.2, -0.15) is 0 Å². The van der Waals surface area contributed by atoms with Gasteiger partial charge in [0, 0.05) is 17.7 Å². The molecule has 2 heterocycles. The molecule has 6 nitrogen and oxygen atoms in total. The van der Waals surface area contributed by atoms with Gasteiger partial charge in [0.15, 0.2) is 0 Å². The Morgan fingerprint density at radius 3 is 2.62 bits per heavy atom. The number of benzene rings is 1. The summed E-state index contributed by atoms with van der Waals surface area (Å²) in [7, 11) is 0. The minimum Gasteiger partial charge on any atom is -0.437 e. The summed E-state index contributed by atoms with van der Waals surface area (Å²) in [5.74, 6) is 0. The van der Waals surface area contributed by atoms with Crippen LogP contribution in [-0.2, 0) is 6.54 Å². The van der Waals surface area contributed by atoms with Crippen LogP contribution in [0.15, 0.2) is 58.9 Å². The summed E-state index contributed by atoms with van der Waals surface area (Å²) >= 11 is 0. The quantitative estimate of drug-likeness (QED) is 0.401. The number of fused-ring (bicyclic) bond motifs is 1. The predicted molar refractivity (Wildman–Crippen MR) is 75.1 cm³/mol. The normalized spacial score (nSPS) is 10.3.